The molecule has 3 aliphatic rings. The number of ketones is 2. The minimum atomic E-state index is -0.439. The van der Waals surface area contributed by atoms with Crippen LogP contribution in [0.3, 0.4) is 0 Å². The summed E-state index contributed by atoms with van der Waals surface area (Å²) in [6, 6.07) is 11.6. The molecule has 0 aromatic heterocycles. The first-order valence-corrected chi connectivity index (χ1v) is 14.7. The molecule has 5 nitrogen and oxygen atoms in total. The predicted molar refractivity (Wildman–Crippen MR) is 163 cm³/mol. The number of carbonyl (C=O) groups excluding carboxylic acids is 2. The molecule has 0 atom stereocenters. The van der Waals surface area contributed by atoms with E-state index in [1.54, 1.807) is 7.11 Å². The van der Waals surface area contributed by atoms with E-state index in [1.807, 2.05) is 43.5 Å². The highest BCUT2D eigenvalue weighted by Crippen LogP contribution is 2.54. The largest absolute Gasteiger partial charge is 0.493 e. The third kappa shape index (κ3) is 5.61. The van der Waals surface area contributed by atoms with Gasteiger partial charge in [0.2, 0.25) is 0 Å². The summed E-state index contributed by atoms with van der Waals surface area (Å²) in [4.78, 5) is 30.0. The van der Waals surface area contributed by atoms with E-state index in [2.05, 4.69) is 45.2 Å². The van der Waals surface area contributed by atoms with Crippen LogP contribution in [-0.4, -0.2) is 30.6 Å². The Morgan fingerprint density at radius 3 is 2.02 bits per heavy atom. The lowest BCUT2D eigenvalue weighted by molar-refractivity contribution is -0.119. The highest BCUT2D eigenvalue weighted by atomic mass is 35.5. The van der Waals surface area contributed by atoms with Gasteiger partial charge >= 0.3 is 0 Å². The molecule has 1 heterocycles. The molecule has 0 N–H and O–H groups in total. The monoisotopic (exact) mass is 573 g/mol. The lowest BCUT2D eigenvalue weighted by Crippen LogP contribution is -2.43. The first kappa shape index (κ1) is 29.2. The second-order valence-corrected chi connectivity index (χ2v) is 13.7. The Morgan fingerprint density at radius 1 is 0.951 bits per heavy atom. The fraction of sp³-hybridized carbons (Fsp3) is 0.429. The summed E-state index contributed by atoms with van der Waals surface area (Å²) in [5, 5.41) is 0.671. The van der Waals surface area contributed by atoms with Crippen LogP contribution in [-0.2, 0) is 22.6 Å². The molecule has 2 aromatic carbocycles. The molecule has 0 unspecified atom stereocenters. The molecule has 2 aliphatic carbocycles. The van der Waals surface area contributed by atoms with Crippen LogP contribution in [0.2, 0.25) is 5.02 Å². The molecule has 1 aliphatic heterocycles. The number of ether oxygens (including phenoxy) is 2. The lowest BCUT2D eigenvalue weighted by atomic mass is 9.63. The van der Waals surface area contributed by atoms with Crippen molar-refractivity contribution in [3.8, 4) is 11.5 Å². The minimum Gasteiger partial charge on any atom is -0.493 e. The second kappa shape index (κ2) is 10.8. The van der Waals surface area contributed by atoms with E-state index in [0.717, 1.165) is 52.1 Å². The quantitative estimate of drug-likeness (QED) is 0.314. The minimum absolute atomic E-state index is 0.115. The fourth-order valence-corrected chi connectivity index (χ4v) is 6.83. The maximum absolute atomic E-state index is 13.9. The SMILES string of the molecule is C=CCc1cc(C2C3=C(CC(C)(C)CC3=O)N(C)C3=C2C(=O)CC(C)(C)C3)cc(OC)c1OCc1ccc(Cl)cc1. The Labute approximate surface area is 248 Å². The van der Waals surface area contributed by atoms with Crippen molar-refractivity contribution >= 4 is 23.2 Å². The molecular formula is C35H40ClNO4. The molecule has 216 valence electrons. The molecule has 0 fully saturated rings. The summed E-state index contributed by atoms with van der Waals surface area (Å²) in [7, 11) is 3.65. The zero-order valence-electron chi connectivity index (χ0n) is 25.0. The van der Waals surface area contributed by atoms with Gasteiger partial charge in [-0.25, -0.2) is 0 Å². The van der Waals surface area contributed by atoms with Gasteiger partial charge in [-0.3, -0.25) is 9.59 Å². The van der Waals surface area contributed by atoms with Crippen molar-refractivity contribution in [3.05, 3.63) is 93.3 Å². The zero-order valence-corrected chi connectivity index (χ0v) is 25.8. The van der Waals surface area contributed by atoms with Gasteiger partial charge in [0.15, 0.2) is 23.1 Å². The van der Waals surface area contributed by atoms with E-state index in [-0.39, 0.29) is 22.4 Å². The first-order chi connectivity index (χ1) is 19.3. The maximum Gasteiger partial charge on any atom is 0.165 e. The van der Waals surface area contributed by atoms with Crippen LogP contribution in [0.25, 0.3) is 0 Å². The average molecular weight is 574 g/mol. The Kier molecular flexibility index (Phi) is 7.71. The number of nitrogens with zero attached hydrogens (tertiary/aromatic N) is 1. The van der Waals surface area contributed by atoms with E-state index >= 15 is 0 Å². The summed E-state index contributed by atoms with van der Waals surface area (Å²) in [6.45, 7) is 12.9. The third-order valence-electron chi connectivity index (χ3n) is 8.55. The van der Waals surface area contributed by atoms with Gasteiger partial charge in [0.1, 0.15) is 6.61 Å². The molecular weight excluding hydrogens is 534 g/mol. The molecule has 0 saturated heterocycles. The number of Topliss-reactive ketones (excluding diaryl/α,β-unsaturated/α-hetero) is 2. The van der Waals surface area contributed by atoms with Crippen LogP contribution in [0.15, 0.2) is 71.6 Å². The zero-order chi connectivity index (χ0) is 29.7. The number of halogens is 1. The topological polar surface area (TPSA) is 55.8 Å². The molecule has 5 rings (SSSR count). The summed E-state index contributed by atoms with van der Waals surface area (Å²) < 4.78 is 12.2. The molecule has 0 radical (unpaired) electrons. The third-order valence-corrected chi connectivity index (χ3v) is 8.80. The van der Waals surface area contributed by atoms with Gasteiger partial charge in [0.05, 0.1) is 7.11 Å². The van der Waals surface area contributed by atoms with Crippen LogP contribution in [0.1, 0.15) is 76.0 Å². The number of carbonyl (C=O) groups is 2. The normalized spacial score (nSPS) is 20.1. The molecule has 2 aromatic rings. The van der Waals surface area contributed by atoms with Crippen molar-refractivity contribution in [1.29, 1.82) is 0 Å². The maximum atomic E-state index is 13.9. The Morgan fingerprint density at radius 2 is 1.51 bits per heavy atom. The van der Waals surface area contributed by atoms with Crippen LogP contribution < -0.4 is 9.47 Å². The summed E-state index contributed by atoms with van der Waals surface area (Å²) in [6.07, 6.45) is 4.86. The number of hydrogen-bond donors (Lipinski definition) is 0. The molecule has 0 saturated carbocycles. The first-order valence-electron chi connectivity index (χ1n) is 14.3. The van der Waals surface area contributed by atoms with Crippen molar-refractivity contribution in [2.75, 3.05) is 14.2 Å². The summed E-state index contributed by atoms with van der Waals surface area (Å²) in [5.74, 6) is 0.999. The molecule has 0 spiro atoms. The van der Waals surface area contributed by atoms with Gasteiger partial charge < -0.3 is 14.4 Å². The number of allylic oxidation sites excluding steroid dienone is 5. The van der Waals surface area contributed by atoms with Gasteiger partial charge in [-0.2, -0.15) is 0 Å². The van der Waals surface area contributed by atoms with Gasteiger partial charge in [-0.1, -0.05) is 63.6 Å². The van der Waals surface area contributed by atoms with Crippen LogP contribution in [0.5, 0.6) is 11.5 Å². The Bertz CT molecular complexity index is 1420. The highest BCUT2D eigenvalue weighted by Gasteiger charge is 2.48. The van der Waals surface area contributed by atoms with Crippen LogP contribution in [0, 0.1) is 10.8 Å². The molecule has 6 heteroatoms. The number of hydrogen-bond acceptors (Lipinski definition) is 5. The fourth-order valence-electron chi connectivity index (χ4n) is 6.71. The molecule has 0 bridgehead atoms. The Balaban J connectivity index is 1.67. The van der Waals surface area contributed by atoms with Gasteiger partial charge in [0, 0.05) is 58.9 Å². The van der Waals surface area contributed by atoms with E-state index in [4.69, 9.17) is 21.1 Å². The number of methoxy groups -OCH3 is 1. The Hall–Kier alpha value is -3.31. The molecule has 0 amide bonds. The second-order valence-electron chi connectivity index (χ2n) is 13.2. The van der Waals surface area contributed by atoms with E-state index in [0.29, 0.717) is 42.4 Å². The van der Waals surface area contributed by atoms with Crippen molar-refractivity contribution in [1.82, 2.24) is 4.90 Å². The smallest absolute Gasteiger partial charge is 0.165 e. The standard InChI is InChI=1S/C35H40ClNO4/c1-8-9-22-14-23(15-29(40-7)33(22)41-20-21-10-12-24(36)13-11-21)30-31-25(16-34(2,3)18-27(31)38)37(6)26-17-35(4,5)19-28(39)32(26)30/h8,10-15,30H,1,9,16-20H2,2-7H3. The molecule has 41 heavy (non-hydrogen) atoms. The van der Waals surface area contributed by atoms with E-state index in [1.165, 1.54) is 0 Å². The highest BCUT2D eigenvalue weighted by molar-refractivity contribution is 6.30. The van der Waals surface area contributed by atoms with Gasteiger partial charge in [-0.15, -0.1) is 6.58 Å². The lowest BCUT2D eigenvalue weighted by Gasteiger charge is -2.48. The van der Waals surface area contributed by atoms with Crippen molar-refractivity contribution in [2.24, 2.45) is 10.8 Å². The van der Waals surface area contributed by atoms with Crippen LogP contribution in [0.4, 0.5) is 0 Å². The van der Waals surface area contributed by atoms with Gasteiger partial charge in [0.25, 0.3) is 0 Å². The summed E-state index contributed by atoms with van der Waals surface area (Å²) in [5.41, 5.74) is 6.04. The predicted octanol–water partition coefficient (Wildman–Crippen LogP) is 7.97. The van der Waals surface area contributed by atoms with E-state index in [9.17, 15) is 9.59 Å². The van der Waals surface area contributed by atoms with Crippen molar-refractivity contribution in [3.63, 3.8) is 0 Å². The van der Waals surface area contributed by atoms with Crippen molar-refractivity contribution in [2.45, 2.75) is 72.3 Å². The summed E-state index contributed by atoms with van der Waals surface area (Å²) >= 11 is 6.06. The van der Waals surface area contributed by atoms with Crippen LogP contribution >= 0.6 is 11.6 Å². The number of benzene rings is 2. The van der Waals surface area contributed by atoms with Crippen molar-refractivity contribution < 1.29 is 19.1 Å². The number of rotatable bonds is 7. The average Bonchev–Trinajstić information content (AvgIpc) is 2.88. The van der Waals surface area contributed by atoms with E-state index < -0.39 is 5.92 Å². The van der Waals surface area contributed by atoms with Gasteiger partial charge in [-0.05, 0) is 59.4 Å².